The van der Waals surface area contributed by atoms with Gasteiger partial charge in [-0.15, -0.1) is 0 Å². The van der Waals surface area contributed by atoms with Crippen LogP contribution in [0, 0.1) is 0 Å². The Balaban J connectivity index is -0.000000210. The summed E-state index contributed by atoms with van der Waals surface area (Å²) < 4.78 is 0. The first-order valence-electron chi connectivity index (χ1n) is 23.9. The second kappa shape index (κ2) is 61.2. The molecule has 8 nitrogen and oxygen atoms in total. The predicted molar refractivity (Wildman–Crippen MR) is 227 cm³/mol. The van der Waals surface area contributed by atoms with E-state index in [9.17, 15) is 39.6 Å². The minimum atomic E-state index is -0.909. The summed E-state index contributed by atoms with van der Waals surface area (Å²) in [6.07, 6.45) is 44.7. The van der Waals surface area contributed by atoms with Gasteiger partial charge in [-0.05, 0) is 51.4 Å². The molecule has 0 aromatic carbocycles. The van der Waals surface area contributed by atoms with Crippen LogP contribution in [0.25, 0.3) is 0 Å². The zero-order valence-corrected chi connectivity index (χ0v) is 40.3. The summed E-state index contributed by atoms with van der Waals surface area (Å²) in [5, 5.41) is 40.4. The molecular formula is C48H92IrO8. The minimum Gasteiger partial charge on any atom is -0.550 e. The third-order valence-corrected chi connectivity index (χ3v) is 9.94. The molecule has 0 unspecified atom stereocenters. The molecule has 0 aromatic heterocycles. The summed E-state index contributed by atoms with van der Waals surface area (Å²) in [6.45, 7) is 8.89. The monoisotopic (exact) mass is 990 g/mol. The molecule has 9 heteroatoms. The van der Waals surface area contributed by atoms with Gasteiger partial charge < -0.3 is 39.6 Å². The third-order valence-electron chi connectivity index (χ3n) is 9.94. The Morgan fingerprint density at radius 3 is 0.439 bits per heavy atom. The van der Waals surface area contributed by atoms with Crippen LogP contribution in [0.1, 0.15) is 285 Å². The van der Waals surface area contributed by atoms with Crippen molar-refractivity contribution in [3.63, 3.8) is 0 Å². The molecule has 0 amide bonds. The molecule has 0 rings (SSSR count). The summed E-state index contributed by atoms with van der Waals surface area (Å²) >= 11 is 0. The quantitative estimate of drug-likeness (QED) is 0.0548. The maximum absolute atomic E-state index is 10.1. The number of rotatable bonds is 40. The van der Waals surface area contributed by atoms with Gasteiger partial charge in [-0.1, -0.05) is 233 Å². The third kappa shape index (κ3) is 83.2. The molecule has 341 valence electrons. The normalized spacial score (nSPS) is 10.2. The van der Waals surface area contributed by atoms with Crippen LogP contribution in [-0.2, 0) is 39.3 Å². The van der Waals surface area contributed by atoms with Crippen molar-refractivity contribution >= 4 is 23.9 Å². The number of hydrogen-bond donors (Lipinski definition) is 0. The van der Waals surface area contributed by atoms with Gasteiger partial charge in [0.1, 0.15) is 0 Å². The Kier molecular flexibility index (Phi) is 69.4. The van der Waals surface area contributed by atoms with Gasteiger partial charge >= 0.3 is 20.1 Å². The van der Waals surface area contributed by atoms with Crippen LogP contribution in [0.3, 0.4) is 0 Å². The van der Waals surface area contributed by atoms with Gasteiger partial charge in [0, 0.05) is 23.9 Å². The Labute approximate surface area is 366 Å². The van der Waals surface area contributed by atoms with Crippen LogP contribution in [0.5, 0.6) is 0 Å². The van der Waals surface area contributed by atoms with Gasteiger partial charge in [0.05, 0.1) is 0 Å². The molecule has 57 heavy (non-hydrogen) atoms. The molecule has 0 atom stereocenters. The van der Waals surface area contributed by atoms with Gasteiger partial charge in [-0.2, -0.15) is 0 Å². The van der Waals surface area contributed by atoms with Crippen molar-refractivity contribution < 1.29 is 59.7 Å². The molecule has 0 saturated carbocycles. The van der Waals surface area contributed by atoms with E-state index < -0.39 is 23.9 Å². The van der Waals surface area contributed by atoms with E-state index in [2.05, 4.69) is 27.7 Å². The molecule has 0 bridgehead atoms. The standard InChI is InChI=1S/4C12H24O2.Ir/c4*1-2-3-4-5-6-7-8-9-10-11-12(13)14;/h4*2-11H2,1H3,(H,13,14);/q;;;;+4/p-4. The minimum absolute atomic E-state index is 0. The summed E-state index contributed by atoms with van der Waals surface area (Å²) in [5.41, 5.74) is 0. The van der Waals surface area contributed by atoms with E-state index in [-0.39, 0.29) is 45.8 Å². The topological polar surface area (TPSA) is 161 Å². The van der Waals surface area contributed by atoms with Crippen molar-refractivity contribution in [2.75, 3.05) is 0 Å². The molecule has 0 aliphatic carbocycles. The summed E-state index contributed by atoms with van der Waals surface area (Å²) in [7, 11) is 0. The SMILES string of the molecule is CCCCCCCCCCCC(=O)[O-].CCCCCCCCCCCC(=O)[O-].CCCCCCCCCCCC(=O)[O-].CCCCCCCCCCCC(=O)[O-].[Ir+4]. The van der Waals surface area contributed by atoms with Gasteiger partial charge in [0.2, 0.25) is 0 Å². The van der Waals surface area contributed by atoms with E-state index in [4.69, 9.17) is 0 Å². The zero-order valence-electron chi connectivity index (χ0n) is 37.9. The van der Waals surface area contributed by atoms with Crippen LogP contribution in [0.2, 0.25) is 0 Å². The van der Waals surface area contributed by atoms with E-state index in [0.717, 1.165) is 51.4 Å². The van der Waals surface area contributed by atoms with Crippen LogP contribution in [0.15, 0.2) is 0 Å². The van der Waals surface area contributed by atoms with Crippen molar-refractivity contribution in [3.05, 3.63) is 0 Å². The fourth-order valence-electron chi connectivity index (χ4n) is 6.32. The molecule has 0 aliphatic rings. The Morgan fingerprint density at radius 1 is 0.228 bits per heavy atom. The molecule has 0 saturated heterocycles. The van der Waals surface area contributed by atoms with Crippen molar-refractivity contribution in [2.45, 2.75) is 285 Å². The largest absolute Gasteiger partial charge is 4.00 e. The van der Waals surface area contributed by atoms with Crippen LogP contribution < -0.4 is 20.4 Å². The smallest absolute Gasteiger partial charge is 0.550 e. The van der Waals surface area contributed by atoms with E-state index in [1.807, 2.05) is 0 Å². The molecular weight excluding hydrogens is 897 g/mol. The average Bonchev–Trinajstić information content (AvgIpc) is 3.15. The zero-order chi connectivity index (χ0) is 42.6. The van der Waals surface area contributed by atoms with Crippen LogP contribution in [0.4, 0.5) is 0 Å². The molecule has 0 fully saturated rings. The Hall–Kier alpha value is -1.47. The molecule has 0 N–H and O–H groups in total. The number of carboxylic acids is 4. The van der Waals surface area contributed by atoms with Gasteiger partial charge in [-0.3, -0.25) is 0 Å². The molecule has 1 radical (unpaired) electrons. The first-order valence-corrected chi connectivity index (χ1v) is 23.9. The molecule has 0 spiro atoms. The van der Waals surface area contributed by atoms with Crippen LogP contribution in [-0.4, -0.2) is 23.9 Å². The number of carboxylic acid groups (broad SMARTS) is 4. The molecule has 0 heterocycles. The number of carbonyl (C=O) groups excluding carboxylic acids is 4. The predicted octanol–water partition coefficient (Wildman–Crippen LogP) is 10.6. The van der Waals surface area contributed by atoms with E-state index in [0.29, 0.717) is 0 Å². The fraction of sp³-hybridized carbons (Fsp3) is 0.917. The summed E-state index contributed by atoms with van der Waals surface area (Å²) in [6, 6.07) is 0. The van der Waals surface area contributed by atoms with E-state index in [1.54, 1.807) is 0 Å². The molecule has 0 aromatic rings. The maximum Gasteiger partial charge on any atom is 4.00 e. The van der Waals surface area contributed by atoms with Crippen molar-refractivity contribution in [2.24, 2.45) is 0 Å². The van der Waals surface area contributed by atoms with Crippen molar-refractivity contribution in [3.8, 4) is 0 Å². The second-order valence-corrected chi connectivity index (χ2v) is 15.8. The second-order valence-electron chi connectivity index (χ2n) is 15.8. The first-order chi connectivity index (χ1) is 27.1. The van der Waals surface area contributed by atoms with Crippen molar-refractivity contribution in [1.29, 1.82) is 0 Å². The van der Waals surface area contributed by atoms with Crippen molar-refractivity contribution in [1.82, 2.24) is 0 Å². The first kappa shape index (κ1) is 64.7. The van der Waals surface area contributed by atoms with E-state index in [1.165, 1.54) is 180 Å². The molecule has 0 aliphatic heterocycles. The number of aliphatic carboxylic acids is 4. The maximum atomic E-state index is 10.1. The van der Waals surface area contributed by atoms with Gasteiger partial charge in [0.15, 0.2) is 0 Å². The summed E-state index contributed by atoms with van der Waals surface area (Å²) in [4.78, 5) is 40.4. The van der Waals surface area contributed by atoms with Crippen LogP contribution >= 0.6 is 0 Å². The fourth-order valence-corrected chi connectivity index (χ4v) is 6.32. The Bertz CT molecular complexity index is 664. The van der Waals surface area contributed by atoms with E-state index >= 15 is 0 Å². The number of hydrogen-bond acceptors (Lipinski definition) is 8. The number of unbranched alkanes of at least 4 members (excludes halogenated alkanes) is 32. The summed E-state index contributed by atoms with van der Waals surface area (Å²) in [5.74, 6) is -3.64. The average molecular weight is 989 g/mol. The van der Waals surface area contributed by atoms with Gasteiger partial charge in [-0.25, -0.2) is 0 Å². The van der Waals surface area contributed by atoms with Gasteiger partial charge in [0.25, 0.3) is 0 Å². The Morgan fingerprint density at radius 2 is 0.333 bits per heavy atom. The number of carbonyl (C=O) groups is 4.